The lowest BCUT2D eigenvalue weighted by molar-refractivity contribution is -0.120. The Balaban J connectivity index is 2.51. The summed E-state index contributed by atoms with van der Waals surface area (Å²) in [4.78, 5) is 10.7. The Hall–Kier alpha value is -0.530. The monoisotopic (exact) mass is 126 g/mol. The van der Waals surface area contributed by atoms with Gasteiger partial charge in [0, 0.05) is 12.0 Å². The molecule has 9 heavy (non-hydrogen) atoms. The van der Waals surface area contributed by atoms with Crippen molar-refractivity contribution in [3.63, 3.8) is 0 Å². The van der Waals surface area contributed by atoms with Gasteiger partial charge in [0.05, 0.1) is 0 Å². The van der Waals surface area contributed by atoms with Crippen molar-refractivity contribution in [3.05, 3.63) is 6.42 Å². The van der Waals surface area contributed by atoms with Gasteiger partial charge in [-0.25, -0.2) is 0 Å². The highest BCUT2D eigenvalue weighted by Gasteiger charge is 2.24. The van der Waals surface area contributed by atoms with Crippen molar-refractivity contribution in [2.45, 2.75) is 32.2 Å². The van der Waals surface area contributed by atoms with Crippen molar-refractivity contribution >= 4 is 5.91 Å². The van der Waals surface area contributed by atoms with Gasteiger partial charge in [0.2, 0.25) is 5.91 Å². The number of carbonyl (C=O) groups is 1. The van der Waals surface area contributed by atoms with Crippen LogP contribution in [0.25, 0.3) is 0 Å². The molecule has 0 bridgehead atoms. The van der Waals surface area contributed by atoms with Crippen molar-refractivity contribution < 1.29 is 4.79 Å². The Labute approximate surface area is 55.6 Å². The quantitative estimate of drug-likeness (QED) is 0.513. The number of hydrogen-bond donors (Lipinski definition) is 1. The molecule has 0 unspecified atom stereocenters. The number of nitrogens with one attached hydrogen (secondary N) is 1. The van der Waals surface area contributed by atoms with Crippen molar-refractivity contribution in [1.29, 1.82) is 0 Å². The van der Waals surface area contributed by atoms with E-state index in [1.54, 1.807) is 6.42 Å². The molecule has 0 aromatic carbocycles. The van der Waals surface area contributed by atoms with E-state index in [1.807, 2.05) is 13.8 Å². The number of piperidine rings is 1. The van der Waals surface area contributed by atoms with Crippen LogP contribution in [0.2, 0.25) is 0 Å². The highest BCUT2D eigenvalue weighted by molar-refractivity contribution is 5.86. The second-order valence-corrected chi connectivity index (χ2v) is 3.12. The second-order valence-electron chi connectivity index (χ2n) is 3.12. The van der Waals surface area contributed by atoms with Crippen molar-refractivity contribution in [1.82, 2.24) is 5.32 Å². The maximum Gasteiger partial charge on any atom is 0.224 e. The van der Waals surface area contributed by atoms with Gasteiger partial charge in [0.15, 0.2) is 0 Å². The zero-order valence-electron chi connectivity index (χ0n) is 5.90. The van der Waals surface area contributed by atoms with E-state index in [2.05, 4.69) is 5.32 Å². The van der Waals surface area contributed by atoms with Gasteiger partial charge in [-0.15, -0.1) is 0 Å². The third-order valence-corrected chi connectivity index (χ3v) is 1.56. The fraction of sp³-hybridized carbons (Fsp3) is 0.714. The molecular weight excluding hydrogens is 114 g/mol. The van der Waals surface area contributed by atoms with Gasteiger partial charge in [-0.05, 0) is 26.7 Å². The van der Waals surface area contributed by atoms with Gasteiger partial charge in [0.25, 0.3) is 0 Å². The SMILES string of the molecule is CC1(C)CC[CH]C(=O)N1. The van der Waals surface area contributed by atoms with E-state index in [1.165, 1.54) is 0 Å². The predicted octanol–water partition coefficient (Wildman–Crippen LogP) is 0.879. The molecule has 0 atom stereocenters. The zero-order valence-corrected chi connectivity index (χ0v) is 5.90. The molecule has 1 saturated heterocycles. The van der Waals surface area contributed by atoms with Crippen LogP contribution < -0.4 is 5.32 Å². The minimum atomic E-state index is 0.0197. The summed E-state index contributed by atoms with van der Waals surface area (Å²) in [5.41, 5.74) is 0.0197. The molecule has 0 aromatic rings. The van der Waals surface area contributed by atoms with Crippen LogP contribution in [0.15, 0.2) is 0 Å². The minimum absolute atomic E-state index is 0.0197. The Kier molecular flexibility index (Phi) is 1.47. The maximum atomic E-state index is 10.7. The first-order chi connectivity index (χ1) is 4.10. The molecule has 1 N–H and O–H groups in total. The third kappa shape index (κ3) is 1.70. The number of rotatable bonds is 0. The summed E-state index contributed by atoms with van der Waals surface area (Å²) < 4.78 is 0. The van der Waals surface area contributed by atoms with E-state index in [9.17, 15) is 4.79 Å². The first kappa shape index (κ1) is 6.59. The fourth-order valence-electron chi connectivity index (χ4n) is 1.01. The molecule has 1 heterocycles. The highest BCUT2D eigenvalue weighted by Crippen LogP contribution is 2.16. The summed E-state index contributed by atoms with van der Waals surface area (Å²) >= 11 is 0. The van der Waals surface area contributed by atoms with Crippen molar-refractivity contribution in [2.24, 2.45) is 0 Å². The molecule has 1 aliphatic heterocycles. The first-order valence-corrected chi connectivity index (χ1v) is 3.25. The molecule has 1 fully saturated rings. The van der Waals surface area contributed by atoms with Crippen LogP contribution in [0.5, 0.6) is 0 Å². The molecule has 2 nitrogen and oxygen atoms in total. The third-order valence-electron chi connectivity index (χ3n) is 1.56. The summed E-state index contributed by atoms with van der Waals surface area (Å²) in [6.45, 7) is 4.08. The molecule has 1 amide bonds. The molecule has 0 aliphatic carbocycles. The van der Waals surface area contributed by atoms with Gasteiger partial charge >= 0.3 is 0 Å². The van der Waals surface area contributed by atoms with Crippen LogP contribution in [0.1, 0.15) is 26.7 Å². The molecule has 1 aliphatic rings. The lowest BCUT2D eigenvalue weighted by Gasteiger charge is -2.30. The van der Waals surface area contributed by atoms with Crippen molar-refractivity contribution in [2.75, 3.05) is 0 Å². The van der Waals surface area contributed by atoms with Crippen LogP contribution in [0.3, 0.4) is 0 Å². The molecule has 0 saturated carbocycles. The van der Waals surface area contributed by atoms with Crippen LogP contribution in [0.4, 0.5) is 0 Å². The van der Waals surface area contributed by atoms with E-state index in [0.717, 1.165) is 12.8 Å². The van der Waals surface area contributed by atoms with Gasteiger partial charge in [-0.2, -0.15) is 0 Å². The topological polar surface area (TPSA) is 29.1 Å². The number of carbonyl (C=O) groups excluding carboxylic acids is 1. The van der Waals surface area contributed by atoms with E-state index in [-0.39, 0.29) is 11.4 Å². The molecule has 51 valence electrons. The minimum Gasteiger partial charge on any atom is -0.351 e. The van der Waals surface area contributed by atoms with Gasteiger partial charge in [-0.3, -0.25) is 4.79 Å². The van der Waals surface area contributed by atoms with E-state index in [4.69, 9.17) is 0 Å². The van der Waals surface area contributed by atoms with Gasteiger partial charge in [-0.1, -0.05) is 0 Å². The Morgan fingerprint density at radius 3 is 2.67 bits per heavy atom. The molecular formula is C7H12NO. The molecule has 1 radical (unpaired) electrons. The summed E-state index contributed by atoms with van der Waals surface area (Å²) in [6.07, 6.45) is 3.67. The van der Waals surface area contributed by atoms with Crippen LogP contribution >= 0.6 is 0 Å². The number of hydrogen-bond acceptors (Lipinski definition) is 1. The summed E-state index contributed by atoms with van der Waals surface area (Å²) in [6, 6.07) is 0. The average Bonchev–Trinajstić information content (AvgIpc) is 1.60. The lowest BCUT2D eigenvalue weighted by atomic mass is 9.93. The van der Waals surface area contributed by atoms with Crippen LogP contribution in [-0.2, 0) is 4.79 Å². The Morgan fingerprint density at radius 2 is 2.33 bits per heavy atom. The zero-order chi connectivity index (χ0) is 6.91. The molecule has 0 aromatic heterocycles. The van der Waals surface area contributed by atoms with E-state index in [0.29, 0.717) is 0 Å². The fourth-order valence-corrected chi connectivity index (χ4v) is 1.01. The van der Waals surface area contributed by atoms with Gasteiger partial charge in [0.1, 0.15) is 0 Å². The summed E-state index contributed by atoms with van der Waals surface area (Å²) in [5, 5.41) is 2.86. The largest absolute Gasteiger partial charge is 0.351 e. The maximum absolute atomic E-state index is 10.7. The Bertz CT molecular complexity index is 129. The smallest absolute Gasteiger partial charge is 0.224 e. The molecule has 1 rings (SSSR count). The second kappa shape index (κ2) is 2.01. The normalized spacial score (nSPS) is 25.3. The van der Waals surface area contributed by atoms with E-state index >= 15 is 0 Å². The standard InChI is InChI=1S/C7H12NO/c1-7(2)5-3-4-6(9)8-7/h4H,3,5H2,1-2H3,(H,8,9). The molecule has 0 spiro atoms. The summed E-state index contributed by atoms with van der Waals surface area (Å²) in [7, 11) is 0. The first-order valence-electron chi connectivity index (χ1n) is 3.25. The average molecular weight is 126 g/mol. The summed E-state index contributed by atoms with van der Waals surface area (Å²) in [5.74, 6) is 0.0752. The van der Waals surface area contributed by atoms with Crippen LogP contribution in [0, 0.1) is 6.42 Å². The van der Waals surface area contributed by atoms with Gasteiger partial charge < -0.3 is 5.32 Å². The predicted molar refractivity (Wildman–Crippen MR) is 35.8 cm³/mol. The highest BCUT2D eigenvalue weighted by atomic mass is 16.1. The Morgan fingerprint density at radius 1 is 1.67 bits per heavy atom. The molecule has 2 heteroatoms. The van der Waals surface area contributed by atoms with E-state index < -0.39 is 0 Å². The van der Waals surface area contributed by atoms with Crippen LogP contribution in [-0.4, -0.2) is 11.4 Å². The number of amides is 1. The van der Waals surface area contributed by atoms with Crippen molar-refractivity contribution in [3.8, 4) is 0 Å². The lowest BCUT2D eigenvalue weighted by Crippen LogP contribution is -2.46.